The summed E-state index contributed by atoms with van der Waals surface area (Å²) in [7, 11) is 1.52. The summed E-state index contributed by atoms with van der Waals surface area (Å²) in [6.07, 6.45) is 1.33. The summed E-state index contributed by atoms with van der Waals surface area (Å²) in [4.78, 5) is 27.9. The van der Waals surface area contributed by atoms with Crippen LogP contribution in [0.25, 0.3) is 0 Å². The molecule has 0 spiro atoms. The molecule has 1 aromatic carbocycles. The highest BCUT2D eigenvalue weighted by atomic mass is 16.5. The molecule has 1 atom stereocenters. The minimum absolute atomic E-state index is 0.238. The number of hydrogen-bond acceptors (Lipinski definition) is 5. The average molecular weight is 247 g/mol. The first-order valence-electron chi connectivity index (χ1n) is 5.60. The van der Waals surface area contributed by atoms with Gasteiger partial charge in [0.2, 0.25) is 0 Å². The van der Waals surface area contributed by atoms with E-state index < -0.39 is 11.9 Å². The first-order chi connectivity index (χ1) is 8.67. The molecule has 0 aromatic heterocycles. The number of hydrogen-bond donors (Lipinski definition) is 0. The van der Waals surface area contributed by atoms with Gasteiger partial charge >= 0.3 is 5.97 Å². The molecule has 1 heterocycles. The largest absolute Gasteiger partial charge is 0.497 e. The summed E-state index contributed by atoms with van der Waals surface area (Å²) in [6.45, 7) is 1.93. The van der Waals surface area contributed by atoms with Gasteiger partial charge in [-0.2, -0.15) is 0 Å². The van der Waals surface area contributed by atoms with E-state index in [-0.39, 0.29) is 12.4 Å². The molecule has 2 rings (SSSR count). The van der Waals surface area contributed by atoms with Gasteiger partial charge in [0.05, 0.1) is 19.4 Å². The number of carbonyl (C=O) groups is 2. The fourth-order valence-corrected chi connectivity index (χ4v) is 1.74. The van der Waals surface area contributed by atoms with Crippen LogP contribution in [0.4, 0.5) is 5.69 Å². The molecule has 0 bridgehead atoms. The molecule has 0 fully saturated rings. The molecule has 5 heteroatoms. The second kappa shape index (κ2) is 5.00. The lowest BCUT2D eigenvalue weighted by molar-refractivity contribution is -0.143. The van der Waals surface area contributed by atoms with E-state index in [9.17, 15) is 9.59 Å². The standard InChI is InChI=1S/C13H13NO4/c1-3-18-13(16)10-7-14-11-5-4-8(17-2)6-9(11)12(10)15/h4-7,10H,3H2,1-2H3. The van der Waals surface area contributed by atoms with Gasteiger partial charge in [-0.3, -0.25) is 14.6 Å². The number of ether oxygens (including phenoxy) is 2. The summed E-state index contributed by atoms with van der Waals surface area (Å²) in [5, 5.41) is 0. The van der Waals surface area contributed by atoms with E-state index in [1.54, 1.807) is 25.1 Å². The van der Waals surface area contributed by atoms with Gasteiger partial charge in [0.1, 0.15) is 5.75 Å². The fourth-order valence-electron chi connectivity index (χ4n) is 1.74. The Balaban J connectivity index is 2.34. The van der Waals surface area contributed by atoms with Crippen LogP contribution < -0.4 is 4.74 Å². The van der Waals surface area contributed by atoms with Gasteiger partial charge in [-0.15, -0.1) is 0 Å². The topological polar surface area (TPSA) is 65.0 Å². The molecule has 18 heavy (non-hydrogen) atoms. The molecule has 94 valence electrons. The van der Waals surface area contributed by atoms with Crippen LogP contribution in [0.5, 0.6) is 5.75 Å². The number of rotatable bonds is 3. The number of Topliss-reactive ketones (excluding diaryl/α,β-unsaturated/α-hetero) is 1. The summed E-state index contributed by atoms with van der Waals surface area (Å²) in [6, 6.07) is 4.98. The Morgan fingerprint density at radius 2 is 2.22 bits per heavy atom. The van der Waals surface area contributed by atoms with E-state index in [4.69, 9.17) is 9.47 Å². The number of ketones is 1. The quantitative estimate of drug-likeness (QED) is 0.603. The van der Waals surface area contributed by atoms with Crippen molar-refractivity contribution >= 4 is 23.7 Å². The van der Waals surface area contributed by atoms with Crippen LogP contribution in [0, 0.1) is 5.92 Å². The molecule has 0 saturated heterocycles. The summed E-state index contributed by atoms with van der Waals surface area (Å²) in [5.74, 6) is -1.27. The number of aliphatic imine (C=N–C) groups is 1. The van der Waals surface area contributed by atoms with Crippen LogP contribution in [-0.4, -0.2) is 31.7 Å². The van der Waals surface area contributed by atoms with Crippen molar-refractivity contribution < 1.29 is 19.1 Å². The third-order valence-electron chi connectivity index (χ3n) is 2.65. The first kappa shape index (κ1) is 12.3. The van der Waals surface area contributed by atoms with Crippen LogP contribution in [0.15, 0.2) is 23.2 Å². The zero-order valence-corrected chi connectivity index (χ0v) is 10.2. The normalized spacial score (nSPS) is 17.2. The predicted octanol–water partition coefficient (Wildman–Crippen LogP) is 1.77. The third kappa shape index (κ3) is 2.11. The zero-order valence-electron chi connectivity index (χ0n) is 10.2. The van der Waals surface area contributed by atoms with Gasteiger partial charge in [0, 0.05) is 11.8 Å². The van der Waals surface area contributed by atoms with Gasteiger partial charge in [-0.05, 0) is 25.1 Å². The van der Waals surface area contributed by atoms with Crippen LogP contribution in [0.1, 0.15) is 17.3 Å². The van der Waals surface area contributed by atoms with Crippen molar-refractivity contribution in [2.45, 2.75) is 6.92 Å². The molecule has 1 aliphatic rings. The SMILES string of the molecule is CCOC(=O)C1C=Nc2ccc(OC)cc2C1=O. The van der Waals surface area contributed by atoms with Crippen LogP contribution in [0.3, 0.4) is 0 Å². The van der Waals surface area contributed by atoms with Gasteiger partial charge < -0.3 is 9.47 Å². The zero-order chi connectivity index (χ0) is 13.1. The Hall–Kier alpha value is -2.17. The molecule has 1 unspecified atom stereocenters. The number of benzene rings is 1. The molecule has 1 aliphatic heterocycles. The van der Waals surface area contributed by atoms with Gasteiger partial charge in [-0.1, -0.05) is 0 Å². The monoisotopic (exact) mass is 247 g/mol. The summed E-state index contributed by atoms with van der Waals surface area (Å²) < 4.78 is 9.89. The van der Waals surface area contributed by atoms with E-state index in [2.05, 4.69) is 4.99 Å². The van der Waals surface area contributed by atoms with E-state index in [0.717, 1.165) is 0 Å². The van der Waals surface area contributed by atoms with Crippen LogP contribution in [0.2, 0.25) is 0 Å². The molecule has 0 aliphatic carbocycles. The summed E-state index contributed by atoms with van der Waals surface area (Å²) >= 11 is 0. The van der Waals surface area contributed by atoms with Gasteiger partial charge in [0.15, 0.2) is 11.7 Å². The lowest BCUT2D eigenvalue weighted by Crippen LogP contribution is -2.29. The molecular formula is C13H13NO4. The Morgan fingerprint density at radius 1 is 1.44 bits per heavy atom. The fraction of sp³-hybridized carbons (Fsp3) is 0.308. The second-order valence-electron chi connectivity index (χ2n) is 3.76. The highest BCUT2D eigenvalue weighted by Gasteiger charge is 2.32. The van der Waals surface area contributed by atoms with Crippen molar-refractivity contribution in [3.8, 4) is 5.75 Å². The van der Waals surface area contributed by atoms with Crippen molar-refractivity contribution in [2.24, 2.45) is 10.9 Å². The van der Waals surface area contributed by atoms with Crippen molar-refractivity contribution in [3.05, 3.63) is 23.8 Å². The molecule has 0 N–H and O–H groups in total. The van der Waals surface area contributed by atoms with Crippen molar-refractivity contribution in [2.75, 3.05) is 13.7 Å². The minimum atomic E-state index is -0.954. The maximum atomic E-state index is 12.2. The predicted molar refractivity (Wildman–Crippen MR) is 65.6 cm³/mol. The number of carbonyl (C=O) groups excluding carboxylic acids is 2. The van der Waals surface area contributed by atoms with E-state index in [1.807, 2.05) is 0 Å². The maximum Gasteiger partial charge on any atom is 0.322 e. The molecule has 0 radical (unpaired) electrons. The first-order valence-corrected chi connectivity index (χ1v) is 5.60. The number of fused-ring (bicyclic) bond motifs is 1. The average Bonchev–Trinajstić information content (AvgIpc) is 2.39. The number of methoxy groups -OCH3 is 1. The minimum Gasteiger partial charge on any atom is -0.497 e. The second-order valence-corrected chi connectivity index (χ2v) is 3.76. The van der Waals surface area contributed by atoms with Crippen molar-refractivity contribution in [1.82, 2.24) is 0 Å². The van der Waals surface area contributed by atoms with E-state index in [0.29, 0.717) is 17.0 Å². The third-order valence-corrected chi connectivity index (χ3v) is 2.65. The lowest BCUT2D eigenvalue weighted by Gasteiger charge is -2.16. The van der Waals surface area contributed by atoms with Crippen molar-refractivity contribution in [3.63, 3.8) is 0 Å². The van der Waals surface area contributed by atoms with Crippen molar-refractivity contribution in [1.29, 1.82) is 0 Å². The van der Waals surface area contributed by atoms with Crippen LogP contribution in [-0.2, 0) is 9.53 Å². The van der Waals surface area contributed by atoms with Gasteiger partial charge in [0.25, 0.3) is 0 Å². The van der Waals surface area contributed by atoms with E-state index in [1.165, 1.54) is 13.3 Å². The highest BCUT2D eigenvalue weighted by molar-refractivity contribution is 6.22. The lowest BCUT2D eigenvalue weighted by atomic mass is 9.94. The Labute approximate surface area is 104 Å². The highest BCUT2D eigenvalue weighted by Crippen LogP contribution is 2.30. The number of esters is 1. The Bertz CT molecular complexity index is 522. The molecule has 1 aromatic rings. The molecular weight excluding hydrogens is 234 g/mol. The maximum absolute atomic E-state index is 12.2. The Morgan fingerprint density at radius 3 is 2.89 bits per heavy atom. The smallest absolute Gasteiger partial charge is 0.322 e. The number of nitrogens with zero attached hydrogens (tertiary/aromatic N) is 1. The Kier molecular flexibility index (Phi) is 3.41. The van der Waals surface area contributed by atoms with Crippen LogP contribution >= 0.6 is 0 Å². The van der Waals surface area contributed by atoms with E-state index >= 15 is 0 Å². The molecule has 0 amide bonds. The molecule has 5 nitrogen and oxygen atoms in total. The molecule has 0 saturated carbocycles. The van der Waals surface area contributed by atoms with Gasteiger partial charge in [-0.25, -0.2) is 0 Å². The summed E-state index contributed by atoms with van der Waals surface area (Å²) in [5.41, 5.74) is 0.927.